The van der Waals surface area contributed by atoms with E-state index in [-0.39, 0.29) is 11.8 Å². The molecular weight excluding hydrogens is 318 g/mol. The summed E-state index contributed by atoms with van der Waals surface area (Å²) in [7, 11) is 1.76. The van der Waals surface area contributed by atoms with Gasteiger partial charge in [-0.1, -0.05) is 18.2 Å². The highest BCUT2D eigenvalue weighted by Gasteiger charge is 2.25. The number of likely N-dealkylation sites (N-methyl/N-ethyl adjacent to an activating group) is 1. The molecular formula is C18H21N5O2. The number of benzene rings is 1. The van der Waals surface area contributed by atoms with E-state index in [1.54, 1.807) is 22.7 Å². The minimum absolute atomic E-state index is 0.0912. The monoisotopic (exact) mass is 339 g/mol. The van der Waals surface area contributed by atoms with Crippen molar-refractivity contribution in [2.75, 3.05) is 38.1 Å². The molecule has 1 N–H and O–H groups in total. The smallest absolute Gasteiger partial charge is 0.271 e. The third-order valence-corrected chi connectivity index (χ3v) is 4.88. The van der Waals surface area contributed by atoms with Crippen LogP contribution in [-0.2, 0) is 13.0 Å². The highest BCUT2D eigenvalue weighted by atomic mass is 16.2. The van der Waals surface area contributed by atoms with Gasteiger partial charge >= 0.3 is 0 Å². The van der Waals surface area contributed by atoms with Crippen molar-refractivity contribution in [3.63, 3.8) is 0 Å². The summed E-state index contributed by atoms with van der Waals surface area (Å²) in [6.45, 7) is 3.52. The van der Waals surface area contributed by atoms with Crippen LogP contribution in [0.25, 0.3) is 0 Å². The molecule has 3 heterocycles. The molecule has 130 valence electrons. The van der Waals surface area contributed by atoms with Crippen LogP contribution in [0.3, 0.4) is 0 Å². The minimum Gasteiger partial charge on any atom is -0.369 e. The molecule has 0 bridgehead atoms. The summed E-state index contributed by atoms with van der Waals surface area (Å²) >= 11 is 0. The Bertz CT molecular complexity index is 829. The van der Waals surface area contributed by atoms with E-state index in [0.717, 1.165) is 19.5 Å². The van der Waals surface area contributed by atoms with Gasteiger partial charge in [-0.05, 0) is 18.1 Å². The molecule has 0 fully saturated rings. The van der Waals surface area contributed by atoms with Gasteiger partial charge in [-0.25, -0.2) is 0 Å². The number of hydrogen-bond donors (Lipinski definition) is 1. The topological polar surface area (TPSA) is 70.5 Å². The van der Waals surface area contributed by atoms with Crippen molar-refractivity contribution in [3.05, 3.63) is 47.3 Å². The molecule has 0 atom stereocenters. The molecule has 2 aromatic rings. The first-order chi connectivity index (χ1) is 12.1. The Morgan fingerprint density at radius 2 is 2.08 bits per heavy atom. The molecule has 7 nitrogen and oxygen atoms in total. The molecule has 2 amide bonds. The lowest BCUT2D eigenvalue weighted by molar-refractivity contribution is 0.0742. The van der Waals surface area contributed by atoms with Crippen LogP contribution in [-0.4, -0.2) is 59.7 Å². The highest BCUT2D eigenvalue weighted by molar-refractivity contribution is 5.98. The van der Waals surface area contributed by atoms with Gasteiger partial charge in [0.1, 0.15) is 5.69 Å². The van der Waals surface area contributed by atoms with Crippen LogP contribution in [0.2, 0.25) is 0 Å². The summed E-state index contributed by atoms with van der Waals surface area (Å²) in [5.41, 5.74) is 3.40. The fourth-order valence-corrected chi connectivity index (χ4v) is 3.45. The molecule has 0 spiro atoms. The van der Waals surface area contributed by atoms with E-state index >= 15 is 0 Å². The number of hydrogen-bond acceptors (Lipinski definition) is 4. The number of rotatable bonds is 4. The predicted octanol–water partition coefficient (Wildman–Crippen LogP) is 0.761. The van der Waals surface area contributed by atoms with Gasteiger partial charge < -0.3 is 15.1 Å². The molecule has 1 aromatic heterocycles. The number of nitrogens with zero attached hydrogens (tertiary/aromatic N) is 4. The second-order valence-electron chi connectivity index (χ2n) is 6.49. The molecule has 0 radical (unpaired) electrons. The predicted molar refractivity (Wildman–Crippen MR) is 93.9 cm³/mol. The minimum atomic E-state index is -0.232. The maximum Gasteiger partial charge on any atom is 0.271 e. The summed E-state index contributed by atoms with van der Waals surface area (Å²) in [6, 6.07) is 9.95. The Morgan fingerprint density at radius 1 is 1.24 bits per heavy atom. The Labute approximate surface area is 146 Å². The lowest BCUT2D eigenvalue weighted by atomic mass is 10.2. The molecule has 0 saturated carbocycles. The third-order valence-electron chi connectivity index (χ3n) is 4.88. The number of carbonyl (C=O) groups excluding carboxylic acids is 2. The van der Waals surface area contributed by atoms with Gasteiger partial charge in [-0.2, -0.15) is 5.10 Å². The van der Waals surface area contributed by atoms with E-state index in [1.807, 2.05) is 6.07 Å². The number of para-hydroxylation sites is 1. The van der Waals surface area contributed by atoms with Gasteiger partial charge in [0.25, 0.3) is 11.8 Å². The van der Waals surface area contributed by atoms with Gasteiger partial charge in [-0.15, -0.1) is 0 Å². The Kier molecular flexibility index (Phi) is 3.91. The van der Waals surface area contributed by atoms with Crippen LogP contribution in [0.1, 0.15) is 26.5 Å². The average molecular weight is 339 g/mol. The van der Waals surface area contributed by atoms with Crippen molar-refractivity contribution in [2.45, 2.75) is 13.0 Å². The van der Waals surface area contributed by atoms with Crippen molar-refractivity contribution in [1.82, 2.24) is 20.0 Å². The first-order valence-corrected chi connectivity index (χ1v) is 8.58. The number of fused-ring (bicyclic) bond motifs is 2. The van der Waals surface area contributed by atoms with Crippen LogP contribution in [0.15, 0.2) is 30.3 Å². The molecule has 0 unspecified atom stereocenters. The summed E-state index contributed by atoms with van der Waals surface area (Å²) in [4.78, 5) is 28.4. The van der Waals surface area contributed by atoms with Crippen LogP contribution < -0.4 is 10.2 Å². The van der Waals surface area contributed by atoms with E-state index < -0.39 is 0 Å². The molecule has 7 heteroatoms. The molecule has 0 aliphatic carbocycles. The van der Waals surface area contributed by atoms with Crippen LogP contribution in [0.4, 0.5) is 5.69 Å². The number of nitrogens with one attached hydrogen (secondary N) is 1. The fourth-order valence-electron chi connectivity index (χ4n) is 3.45. The normalized spacial score (nSPS) is 16.0. The van der Waals surface area contributed by atoms with E-state index in [0.29, 0.717) is 31.0 Å². The molecule has 1 aromatic carbocycles. The SMILES string of the molecule is CN1CCn2nc(C(=O)NCCN3CCc4ccccc43)cc2C1=O. The Hall–Kier alpha value is -2.83. The van der Waals surface area contributed by atoms with Gasteiger partial charge in [0, 0.05) is 45.0 Å². The zero-order valence-electron chi connectivity index (χ0n) is 14.2. The Morgan fingerprint density at radius 3 is 2.96 bits per heavy atom. The summed E-state index contributed by atoms with van der Waals surface area (Å²) < 4.78 is 1.62. The van der Waals surface area contributed by atoms with E-state index in [1.165, 1.54) is 11.3 Å². The summed E-state index contributed by atoms with van der Waals surface area (Å²) in [6.07, 6.45) is 1.05. The quantitative estimate of drug-likeness (QED) is 0.893. The zero-order valence-corrected chi connectivity index (χ0v) is 14.2. The van der Waals surface area contributed by atoms with Crippen molar-refractivity contribution in [2.24, 2.45) is 0 Å². The van der Waals surface area contributed by atoms with Crippen LogP contribution in [0, 0.1) is 0 Å². The first-order valence-electron chi connectivity index (χ1n) is 8.58. The summed E-state index contributed by atoms with van der Waals surface area (Å²) in [5.74, 6) is -0.323. The number of amides is 2. The van der Waals surface area contributed by atoms with Crippen LogP contribution >= 0.6 is 0 Å². The molecule has 2 aliphatic rings. The standard InChI is InChI=1S/C18H21N5O2/c1-21-10-11-23-16(18(21)25)12-14(20-23)17(24)19-7-9-22-8-6-13-4-2-3-5-15(13)22/h2-5,12H,6-11H2,1H3,(H,19,24). The lowest BCUT2D eigenvalue weighted by Gasteiger charge is -2.22. The number of anilines is 1. The zero-order chi connectivity index (χ0) is 17.4. The maximum atomic E-state index is 12.3. The van der Waals surface area contributed by atoms with Crippen molar-refractivity contribution in [1.29, 1.82) is 0 Å². The van der Waals surface area contributed by atoms with Gasteiger partial charge in [0.15, 0.2) is 5.69 Å². The second kappa shape index (κ2) is 6.23. The lowest BCUT2D eigenvalue weighted by Crippen LogP contribution is -2.37. The maximum absolute atomic E-state index is 12.3. The van der Waals surface area contributed by atoms with Crippen LogP contribution in [0.5, 0.6) is 0 Å². The highest BCUT2D eigenvalue weighted by Crippen LogP contribution is 2.26. The van der Waals surface area contributed by atoms with Crippen molar-refractivity contribution >= 4 is 17.5 Å². The number of aromatic nitrogens is 2. The largest absolute Gasteiger partial charge is 0.369 e. The second-order valence-corrected chi connectivity index (χ2v) is 6.49. The fraction of sp³-hybridized carbons (Fsp3) is 0.389. The molecule has 4 rings (SSSR count). The Balaban J connectivity index is 1.36. The molecule has 25 heavy (non-hydrogen) atoms. The van der Waals surface area contributed by atoms with E-state index in [2.05, 4.69) is 33.5 Å². The van der Waals surface area contributed by atoms with Crippen molar-refractivity contribution in [3.8, 4) is 0 Å². The summed E-state index contributed by atoms with van der Waals surface area (Å²) in [5, 5.41) is 7.18. The van der Waals surface area contributed by atoms with E-state index in [9.17, 15) is 9.59 Å². The molecule has 0 saturated heterocycles. The number of carbonyl (C=O) groups is 2. The first kappa shape index (κ1) is 15.7. The van der Waals surface area contributed by atoms with Gasteiger partial charge in [0.05, 0.1) is 6.54 Å². The third kappa shape index (κ3) is 2.86. The molecule has 2 aliphatic heterocycles. The van der Waals surface area contributed by atoms with E-state index in [4.69, 9.17) is 0 Å². The van der Waals surface area contributed by atoms with Crippen molar-refractivity contribution < 1.29 is 9.59 Å². The van der Waals surface area contributed by atoms with Gasteiger partial charge in [0.2, 0.25) is 0 Å². The van der Waals surface area contributed by atoms with Gasteiger partial charge in [-0.3, -0.25) is 14.3 Å². The average Bonchev–Trinajstić information content (AvgIpc) is 3.23.